The highest BCUT2D eigenvalue weighted by atomic mass is 127. The van der Waals surface area contributed by atoms with Gasteiger partial charge in [-0.05, 0) is 25.5 Å². The highest BCUT2D eigenvalue weighted by molar-refractivity contribution is 14.1. The standard InChI is InChI=1S/C19H17F3IN3O2S/c1-9(17(28)24-3)16-10(2)29-18-25-12(8-14(27)26(16)18)7-11-5-4-6-13(15(11)20)19(21,22)23/h4-6,8-9H,7H2,1-3H3,(H,24,28). The second kappa shape index (κ2) is 8.05. The van der Waals surface area contributed by atoms with E-state index in [1.165, 1.54) is 41.0 Å². The van der Waals surface area contributed by atoms with Crippen molar-refractivity contribution in [3.63, 3.8) is 0 Å². The van der Waals surface area contributed by atoms with Gasteiger partial charge in [-0.1, -0.05) is 12.1 Å². The van der Waals surface area contributed by atoms with Crippen molar-refractivity contribution in [1.29, 1.82) is 0 Å². The van der Waals surface area contributed by atoms with Crippen LogP contribution in [0.4, 0.5) is 13.2 Å². The Bertz CT molecular complexity index is 1150. The van der Waals surface area contributed by atoms with E-state index in [0.717, 1.165) is 33.5 Å². The fraction of sp³-hybridized carbons (Fsp3) is 0.316. The Hall–Kier alpha value is -1.95. The van der Waals surface area contributed by atoms with Crippen molar-refractivity contribution in [3.05, 3.63) is 67.8 Å². The molecule has 0 radical (unpaired) electrons. The number of nitrogens with one attached hydrogen (secondary N) is 1. The average molecular weight is 535 g/mol. The number of benzene rings is 1. The van der Waals surface area contributed by atoms with Crippen LogP contribution in [0.25, 0.3) is 4.96 Å². The van der Waals surface area contributed by atoms with E-state index in [0.29, 0.717) is 10.7 Å². The molecule has 10 heteroatoms. The molecular formula is C19H17F3IN3O2S. The summed E-state index contributed by atoms with van der Waals surface area (Å²) < 4.78 is 39.7. The maximum atomic E-state index is 14.5. The minimum atomic E-state index is -3.34. The second-order valence-corrected chi connectivity index (χ2v) is 9.07. The molecule has 0 spiro atoms. The number of thiazole rings is 1. The first-order valence-electron chi connectivity index (χ1n) is 8.62. The Kier molecular flexibility index (Phi) is 6.04. The van der Waals surface area contributed by atoms with E-state index in [1.54, 1.807) is 13.8 Å². The van der Waals surface area contributed by atoms with E-state index in [2.05, 4.69) is 10.3 Å². The lowest BCUT2D eigenvalue weighted by molar-refractivity contribution is -0.121. The molecule has 1 aromatic carbocycles. The third kappa shape index (κ3) is 4.18. The van der Waals surface area contributed by atoms with Gasteiger partial charge in [-0.3, -0.25) is 14.0 Å². The van der Waals surface area contributed by atoms with Crippen molar-refractivity contribution in [2.75, 3.05) is 7.05 Å². The van der Waals surface area contributed by atoms with Crippen LogP contribution < -0.4 is 10.9 Å². The first-order valence-corrected chi connectivity index (χ1v) is 10.5. The van der Waals surface area contributed by atoms with Gasteiger partial charge in [0.15, 0.2) is 4.96 Å². The van der Waals surface area contributed by atoms with Crippen LogP contribution in [0, 0.1) is 12.7 Å². The predicted octanol–water partition coefficient (Wildman–Crippen LogP) is 4.13. The van der Waals surface area contributed by atoms with Crippen LogP contribution in [0.15, 0.2) is 29.1 Å². The molecule has 1 atom stereocenters. The number of hydrogen-bond acceptors (Lipinski definition) is 4. The van der Waals surface area contributed by atoms with Gasteiger partial charge in [0, 0.05) is 47.0 Å². The van der Waals surface area contributed by atoms with Crippen LogP contribution in [0.1, 0.15) is 40.2 Å². The number of rotatable bonds is 5. The number of halogens is 4. The Morgan fingerprint density at radius 2 is 2.10 bits per heavy atom. The van der Waals surface area contributed by atoms with Gasteiger partial charge in [0.05, 0.1) is 22.9 Å². The summed E-state index contributed by atoms with van der Waals surface area (Å²) in [6, 6.07) is 5.02. The van der Waals surface area contributed by atoms with Gasteiger partial charge in [0.25, 0.3) is 5.56 Å². The molecular weight excluding hydrogens is 518 g/mol. The van der Waals surface area contributed by atoms with Gasteiger partial charge in [0.2, 0.25) is 5.91 Å². The lowest BCUT2D eigenvalue weighted by Crippen LogP contribution is -2.27. The van der Waals surface area contributed by atoms with Crippen molar-refractivity contribution in [2.45, 2.75) is 30.1 Å². The zero-order valence-electron chi connectivity index (χ0n) is 15.7. The summed E-state index contributed by atoms with van der Waals surface area (Å²) in [6.45, 7) is 3.48. The number of amides is 1. The lowest BCUT2D eigenvalue weighted by Gasteiger charge is -2.13. The largest absolute Gasteiger partial charge is 0.359 e. The maximum absolute atomic E-state index is 14.5. The van der Waals surface area contributed by atoms with Gasteiger partial charge in [-0.15, -0.1) is 11.3 Å². The van der Waals surface area contributed by atoms with Crippen LogP contribution in [0.5, 0.6) is 0 Å². The Morgan fingerprint density at radius 1 is 1.41 bits per heavy atom. The average Bonchev–Trinajstić information content (AvgIpc) is 2.97. The highest BCUT2D eigenvalue weighted by Gasteiger charge is 2.31. The number of likely N-dealkylation sites (N-methyl/N-ethyl adjacent to an activating group) is 1. The normalized spacial score (nSPS) is 12.9. The Morgan fingerprint density at radius 3 is 2.72 bits per heavy atom. The molecule has 0 fully saturated rings. The van der Waals surface area contributed by atoms with E-state index >= 15 is 0 Å². The topological polar surface area (TPSA) is 63.5 Å². The number of carbonyl (C=O) groups is 1. The summed E-state index contributed by atoms with van der Waals surface area (Å²) in [6.07, 6.45) is -0.102. The predicted molar refractivity (Wildman–Crippen MR) is 114 cm³/mol. The van der Waals surface area contributed by atoms with Crippen LogP contribution in [0.3, 0.4) is 0 Å². The molecule has 0 aliphatic heterocycles. The molecule has 29 heavy (non-hydrogen) atoms. The molecule has 1 N–H and O–H groups in total. The van der Waals surface area contributed by atoms with Crippen molar-refractivity contribution in [2.24, 2.45) is 0 Å². The van der Waals surface area contributed by atoms with E-state index in [9.17, 15) is 22.8 Å². The van der Waals surface area contributed by atoms with E-state index in [1.807, 2.05) is 0 Å². The molecule has 3 aromatic rings. The van der Waals surface area contributed by atoms with Crippen molar-refractivity contribution < 1.29 is 18.0 Å². The lowest BCUT2D eigenvalue weighted by atomic mass is 10.0. The molecule has 154 valence electrons. The van der Waals surface area contributed by atoms with Crippen molar-refractivity contribution in [3.8, 4) is 0 Å². The maximum Gasteiger partial charge on any atom is 0.324 e. The summed E-state index contributed by atoms with van der Waals surface area (Å²) in [5.41, 5.74) is -0.269. The number of fused-ring (bicyclic) bond motifs is 1. The molecule has 0 aliphatic rings. The van der Waals surface area contributed by atoms with Crippen LogP contribution in [0.2, 0.25) is 0 Å². The van der Waals surface area contributed by atoms with Crippen LogP contribution in [-0.2, 0) is 15.1 Å². The minimum absolute atomic E-state index is 0.0299. The Labute approximate surface area is 182 Å². The number of alkyl halides is 3. The highest BCUT2D eigenvalue weighted by Crippen LogP contribution is 2.37. The third-order valence-corrected chi connectivity index (χ3v) is 6.15. The van der Waals surface area contributed by atoms with Crippen molar-refractivity contribution >= 4 is 44.8 Å². The summed E-state index contributed by atoms with van der Waals surface area (Å²) >= 11 is 2.12. The van der Waals surface area contributed by atoms with Crippen LogP contribution in [-0.4, -0.2) is 22.3 Å². The molecule has 1 unspecified atom stereocenters. The van der Waals surface area contributed by atoms with Gasteiger partial charge in [-0.2, -0.15) is 8.78 Å². The molecule has 2 heterocycles. The van der Waals surface area contributed by atoms with E-state index in [-0.39, 0.29) is 23.6 Å². The van der Waals surface area contributed by atoms with Crippen LogP contribution >= 0.6 is 33.9 Å². The number of aromatic nitrogens is 2. The molecule has 0 bridgehead atoms. The molecule has 0 saturated carbocycles. The quantitative estimate of drug-likeness (QED) is 0.395. The van der Waals surface area contributed by atoms with E-state index in [4.69, 9.17) is 0 Å². The molecule has 2 aromatic heterocycles. The fourth-order valence-electron chi connectivity index (χ4n) is 3.20. The van der Waals surface area contributed by atoms with Gasteiger partial charge >= 0.3 is 3.93 Å². The summed E-state index contributed by atoms with van der Waals surface area (Å²) in [5.74, 6) is -1.80. The molecule has 5 nitrogen and oxygen atoms in total. The summed E-state index contributed by atoms with van der Waals surface area (Å²) in [7, 11) is 1.52. The molecule has 1 amide bonds. The molecule has 0 aliphatic carbocycles. The number of carbonyl (C=O) groups excluding carboxylic acids is 1. The number of hydrogen-bond donors (Lipinski definition) is 1. The van der Waals surface area contributed by atoms with Gasteiger partial charge in [0.1, 0.15) is 5.82 Å². The molecule has 3 rings (SSSR count). The smallest absolute Gasteiger partial charge is 0.324 e. The van der Waals surface area contributed by atoms with Gasteiger partial charge in [-0.25, -0.2) is 9.37 Å². The zero-order chi connectivity index (χ0) is 21.5. The SMILES string of the molecule is CNC(=O)C(C)c1c(C)sc2nc(Cc3cccc(C(F)(F)I)c3F)cc(=O)n12. The Balaban J connectivity index is 2.07. The molecule has 0 saturated heterocycles. The number of aryl methyl sites for hydroxylation is 1. The first-order chi connectivity index (χ1) is 13.5. The van der Waals surface area contributed by atoms with E-state index < -0.39 is 26.8 Å². The zero-order valence-corrected chi connectivity index (χ0v) is 18.7. The van der Waals surface area contributed by atoms with Gasteiger partial charge < -0.3 is 5.32 Å². The second-order valence-electron chi connectivity index (χ2n) is 6.54. The van der Waals surface area contributed by atoms with Crippen molar-refractivity contribution in [1.82, 2.24) is 14.7 Å². The minimum Gasteiger partial charge on any atom is -0.359 e. The summed E-state index contributed by atoms with van der Waals surface area (Å²) in [4.78, 5) is 30.3. The third-order valence-electron chi connectivity index (χ3n) is 4.59. The fourth-order valence-corrected chi connectivity index (χ4v) is 4.71. The summed E-state index contributed by atoms with van der Waals surface area (Å²) in [5, 5.41) is 2.56. The first kappa shape index (κ1) is 21.8. The monoisotopic (exact) mass is 535 g/mol. The number of nitrogens with zero attached hydrogens (tertiary/aromatic N) is 2.